The molecule has 1 aliphatic rings. The lowest BCUT2D eigenvalue weighted by atomic mass is 10.2. The van der Waals surface area contributed by atoms with E-state index < -0.39 is 0 Å². The molecule has 0 saturated heterocycles. The van der Waals surface area contributed by atoms with Crippen molar-refractivity contribution >= 4 is 6.03 Å². The number of aliphatic hydroxyl groups excluding tert-OH is 1. The number of rotatable bonds is 6. The molecule has 0 aliphatic heterocycles. The van der Waals surface area contributed by atoms with E-state index in [-0.39, 0.29) is 18.0 Å². The summed E-state index contributed by atoms with van der Waals surface area (Å²) in [4.78, 5) is 11.5. The van der Waals surface area contributed by atoms with Gasteiger partial charge in [-0.05, 0) is 42.9 Å². The standard InChI is InChI=1S/C14H19FN2O2/c15-12-5-1-10(2-6-12)9-17-14(19)16-8-7-13(18)11-3-4-11/h1-2,5-6,11,13,18H,3-4,7-9H2,(H2,16,17,19). The monoisotopic (exact) mass is 266 g/mol. The van der Waals surface area contributed by atoms with Crippen molar-refractivity contribution < 1.29 is 14.3 Å². The average Bonchev–Trinajstić information content (AvgIpc) is 3.22. The lowest BCUT2D eigenvalue weighted by Gasteiger charge is -2.11. The molecule has 1 aliphatic carbocycles. The Morgan fingerprint density at radius 1 is 1.32 bits per heavy atom. The lowest BCUT2D eigenvalue weighted by molar-refractivity contribution is 0.141. The minimum absolute atomic E-state index is 0.271. The van der Waals surface area contributed by atoms with E-state index >= 15 is 0 Å². The Morgan fingerprint density at radius 2 is 2.00 bits per heavy atom. The van der Waals surface area contributed by atoms with Gasteiger partial charge in [0.05, 0.1) is 6.10 Å². The number of hydrogen-bond acceptors (Lipinski definition) is 2. The van der Waals surface area contributed by atoms with Crippen molar-refractivity contribution in [1.82, 2.24) is 10.6 Å². The van der Waals surface area contributed by atoms with Crippen LogP contribution < -0.4 is 10.6 Å². The molecule has 2 rings (SSSR count). The number of benzene rings is 1. The summed E-state index contributed by atoms with van der Waals surface area (Å²) in [5, 5.41) is 15.0. The number of carbonyl (C=O) groups excluding carboxylic acids is 1. The van der Waals surface area contributed by atoms with Crippen LogP contribution in [0.1, 0.15) is 24.8 Å². The zero-order valence-corrected chi connectivity index (χ0v) is 10.7. The molecule has 0 radical (unpaired) electrons. The number of halogens is 1. The molecule has 1 aromatic carbocycles. The van der Waals surface area contributed by atoms with Crippen LogP contribution in [0.2, 0.25) is 0 Å². The van der Waals surface area contributed by atoms with Crippen LogP contribution in [0.5, 0.6) is 0 Å². The quantitative estimate of drug-likeness (QED) is 0.735. The third-order valence-corrected chi connectivity index (χ3v) is 3.26. The molecule has 1 saturated carbocycles. The number of amides is 2. The first-order chi connectivity index (χ1) is 9.15. The molecule has 0 bridgehead atoms. The normalized spacial score (nSPS) is 15.9. The smallest absolute Gasteiger partial charge is 0.315 e. The summed E-state index contributed by atoms with van der Waals surface area (Å²) in [6.45, 7) is 0.824. The van der Waals surface area contributed by atoms with Crippen molar-refractivity contribution in [1.29, 1.82) is 0 Å². The Bertz CT molecular complexity index is 418. The molecule has 1 fully saturated rings. The van der Waals surface area contributed by atoms with Crippen molar-refractivity contribution in [2.75, 3.05) is 6.54 Å². The highest BCUT2D eigenvalue weighted by Crippen LogP contribution is 2.33. The molecule has 19 heavy (non-hydrogen) atoms. The molecule has 5 heteroatoms. The molecule has 0 aromatic heterocycles. The first kappa shape index (κ1) is 13.8. The van der Waals surface area contributed by atoms with Crippen molar-refractivity contribution in [3.8, 4) is 0 Å². The molecule has 1 unspecified atom stereocenters. The number of hydrogen-bond donors (Lipinski definition) is 3. The Morgan fingerprint density at radius 3 is 2.63 bits per heavy atom. The summed E-state index contributed by atoms with van der Waals surface area (Å²) < 4.78 is 12.7. The second-order valence-electron chi connectivity index (χ2n) is 4.93. The van der Waals surface area contributed by atoms with E-state index in [1.165, 1.54) is 12.1 Å². The van der Waals surface area contributed by atoms with Crippen molar-refractivity contribution in [2.24, 2.45) is 5.92 Å². The first-order valence-corrected chi connectivity index (χ1v) is 6.59. The topological polar surface area (TPSA) is 61.4 Å². The van der Waals surface area contributed by atoms with Gasteiger partial charge in [0.15, 0.2) is 0 Å². The fourth-order valence-electron chi connectivity index (χ4n) is 1.90. The molecule has 0 heterocycles. The van der Waals surface area contributed by atoms with E-state index in [9.17, 15) is 14.3 Å². The van der Waals surface area contributed by atoms with E-state index in [1.54, 1.807) is 12.1 Å². The molecule has 2 amide bonds. The van der Waals surface area contributed by atoms with E-state index in [2.05, 4.69) is 10.6 Å². The highest BCUT2D eigenvalue weighted by molar-refractivity contribution is 5.73. The third-order valence-electron chi connectivity index (χ3n) is 3.26. The molecular weight excluding hydrogens is 247 g/mol. The van der Waals surface area contributed by atoms with Crippen LogP contribution >= 0.6 is 0 Å². The van der Waals surface area contributed by atoms with Crippen molar-refractivity contribution in [2.45, 2.75) is 31.9 Å². The molecule has 4 nitrogen and oxygen atoms in total. The number of nitrogens with one attached hydrogen (secondary N) is 2. The van der Waals surface area contributed by atoms with E-state index in [0.29, 0.717) is 25.4 Å². The van der Waals surface area contributed by atoms with Crippen LogP contribution in [0.25, 0.3) is 0 Å². The Kier molecular flexibility index (Phi) is 4.74. The summed E-state index contributed by atoms with van der Waals surface area (Å²) in [5.41, 5.74) is 0.842. The minimum Gasteiger partial charge on any atom is -0.393 e. The fraction of sp³-hybridized carbons (Fsp3) is 0.500. The Labute approximate surface area is 112 Å². The van der Waals surface area contributed by atoms with Crippen molar-refractivity contribution in [3.63, 3.8) is 0 Å². The summed E-state index contributed by atoms with van der Waals surface area (Å²) in [6.07, 6.45) is 2.49. The van der Waals surface area contributed by atoms with Crippen LogP contribution in [-0.4, -0.2) is 23.8 Å². The summed E-state index contributed by atoms with van der Waals surface area (Å²) in [5.74, 6) is 0.145. The molecule has 0 spiro atoms. The molecular formula is C14H19FN2O2. The van der Waals surface area contributed by atoms with Crippen LogP contribution in [0, 0.1) is 11.7 Å². The highest BCUT2D eigenvalue weighted by Gasteiger charge is 2.29. The van der Waals surface area contributed by atoms with E-state index in [4.69, 9.17) is 0 Å². The Hall–Kier alpha value is -1.62. The maximum Gasteiger partial charge on any atom is 0.315 e. The minimum atomic E-state index is -0.294. The predicted octanol–water partition coefficient (Wildman–Crippen LogP) is 1.79. The van der Waals surface area contributed by atoms with Gasteiger partial charge >= 0.3 is 6.03 Å². The fourth-order valence-corrected chi connectivity index (χ4v) is 1.90. The molecule has 3 N–H and O–H groups in total. The zero-order chi connectivity index (χ0) is 13.7. The lowest BCUT2D eigenvalue weighted by Crippen LogP contribution is -2.36. The maximum absolute atomic E-state index is 12.7. The number of urea groups is 1. The summed E-state index contributed by atoms with van der Waals surface area (Å²) in [6, 6.07) is 5.72. The number of aliphatic hydroxyl groups is 1. The van der Waals surface area contributed by atoms with Gasteiger partial charge in [0, 0.05) is 13.1 Å². The molecule has 1 aromatic rings. The van der Waals surface area contributed by atoms with Gasteiger partial charge in [-0.25, -0.2) is 9.18 Å². The number of carbonyl (C=O) groups is 1. The van der Waals surface area contributed by atoms with Gasteiger partial charge in [-0.1, -0.05) is 12.1 Å². The molecule has 104 valence electrons. The van der Waals surface area contributed by atoms with Gasteiger partial charge in [-0.2, -0.15) is 0 Å². The summed E-state index contributed by atoms with van der Waals surface area (Å²) in [7, 11) is 0. The Balaban J connectivity index is 1.60. The van der Waals surface area contributed by atoms with Gasteiger partial charge in [0.25, 0.3) is 0 Å². The van der Waals surface area contributed by atoms with Gasteiger partial charge in [0.1, 0.15) is 5.82 Å². The van der Waals surface area contributed by atoms with Crippen LogP contribution in [-0.2, 0) is 6.54 Å². The maximum atomic E-state index is 12.7. The van der Waals surface area contributed by atoms with E-state index in [1.807, 2.05) is 0 Å². The van der Waals surface area contributed by atoms with Gasteiger partial charge in [-0.3, -0.25) is 0 Å². The SMILES string of the molecule is O=C(NCCC(O)C1CC1)NCc1ccc(F)cc1. The van der Waals surface area contributed by atoms with Gasteiger partial charge < -0.3 is 15.7 Å². The largest absolute Gasteiger partial charge is 0.393 e. The van der Waals surface area contributed by atoms with Crippen LogP contribution in [0.15, 0.2) is 24.3 Å². The second kappa shape index (κ2) is 6.52. The van der Waals surface area contributed by atoms with Crippen molar-refractivity contribution in [3.05, 3.63) is 35.6 Å². The van der Waals surface area contributed by atoms with Crippen LogP contribution in [0.4, 0.5) is 9.18 Å². The zero-order valence-electron chi connectivity index (χ0n) is 10.7. The first-order valence-electron chi connectivity index (χ1n) is 6.59. The average molecular weight is 266 g/mol. The molecule has 1 atom stereocenters. The summed E-state index contributed by atoms with van der Waals surface area (Å²) >= 11 is 0. The third kappa shape index (κ3) is 4.87. The van der Waals surface area contributed by atoms with Crippen LogP contribution in [0.3, 0.4) is 0 Å². The van der Waals surface area contributed by atoms with Gasteiger partial charge in [-0.15, -0.1) is 0 Å². The van der Waals surface area contributed by atoms with E-state index in [0.717, 1.165) is 18.4 Å². The second-order valence-corrected chi connectivity index (χ2v) is 4.93. The van der Waals surface area contributed by atoms with Gasteiger partial charge in [0.2, 0.25) is 0 Å². The highest BCUT2D eigenvalue weighted by atomic mass is 19.1. The predicted molar refractivity (Wildman–Crippen MR) is 70.0 cm³/mol.